The first-order valence-electron chi connectivity index (χ1n) is 25.6. The number of anilines is 3. The molecule has 10 aromatic carbocycles. The largest absolute Gasteiger partial charge is 0.457 e. The molecular weight excluding hydrogens is 871 g/mol. The van der Waals surface area contributed by atoms with Gasteiger partial charge in [0.1, 0.15) is 11.5 Å². The first-order valence-corrected chi connectivity index (χ1v) is 25.6. The van der Waals surface area contributed by atoms with E-state index in [1.54, 1.807) is 0 Å². The van der Waals surface area contributed by atoms with Crippen molar-refractivity contribution in [3.8, 4) is 56.0 Å². The molecule has 0 bridgehead atoms. The van der Waals surface area contributed by atoms with Crippen molar-refractivity contribution >= 4 is 17.1 Å². The molecule has 0 saturated carbocycles. The van der Waals surface area contributed by atoms with Gasteiger partial charge in [-0.2, -0.15) is 0 Å². The fourth-order valence-corrected chi connectivity index (χ4v) is 13.2. The van der Waals surface area contributed by atoms with E-state index in [1.807, 2.05) is 0 Å². The number of nitrogens with zero attached hydrogens (tertiary/aromatic N) is 1. The molecule has 0 fully saturated rings. The van der Waals surface area contributed by atoms with Crippen molar-refractivity contribution in [2.24, 2.45) is 0 Å². The van der Waals surface area contributed by atoms with E-state index in [-0.39, 0.29) is 10.8 Å². The fraction of sp³-hybridized carbons (Fsp3) is 0.143. The zero-order chi connectivity index (χ0) is 48.7. The van der Waals surface area contributed by atoms with E-state index in [1.165, 1.54) is 89.0 Å². The van der Waals surface area contributed by atoms with Gasteiger partial charge in [0.05, 0.1) is 16.5 Å². The van der Waals surface area contributed by atoms with Crippen LogP contribution in [0.3, 0.4) is 0 Å². The maximum atomic E-state index is 6.72. The van der Waals surface area contributed by atoms with Crippen LogP contribution in [0.25, 0.3) is 44.5 Å². The van der Waals surface area contributed by atoms with Gasteiger partial charge in [0.2, 0.25) is 0 Å². The zero-order valence-electron chi connectivity index (χ0n) is 41.7. The zero-order valence-corrected chi connectivity index (χ0v) is 41.7. The topological polar surface area (TPSA) is 12.5 Å². The molecule has 0 N–H and O–H groups in total. The van der Waals surface area contributed by atoms with Gasteiger partial charge < -0.3 is 9.64 Å². The van der Waals surface area contributed by atoms with Crippen LogP contribution in [0.2, 0.25) is 0 Å². The van der Waals surface area contributed by atoms with Crippen molar-refractivity contribution in [1.82, 2.24) is 0 Å². The monoisotopic (exact) mass is 925 g/mol. The minimum atomic E-state index is -0.571. The van der Waals surface area contributed by atoms with Crippen LogP contribution >= 0.6 is 0 Å². The van der Waals surface area contributed by atoms with Gasteiger partial charge in [-0.25, -0.2) is 0 Å². The van der Waals surface area contributed by atoms with Gasteiger partial charge in [-0.3, -0.25) is 0 Å². The Morgan fingerprint density at radius 1 is 0.306 bits per heavy atom. The Balaban J connectivity index is 1.01. The maximum Gasteiger partial charge on any atom is 0.132 e. The first kappa shape index (κ1) is 42.7. The smallest absolute Gasteiger partial charge is 0.132 e. The van der Waals surface area contributed by atoms with Crippen molar-refractivity contribution in [3.05, 3.63) is 280 Å². The molecule has 14 rings (SSSR count). The third-order valence-corrected chi connectivity index (χ3v) is 16.5. The van der Waals surface area contributed by atoms with Gasteiger partial charge in [-0.15, -0.1) is 0 Å². The summed E-state index contributed by atoms with van der Waals surface area (Å²) in [6, 6.07) is 84.6. The number of fused-ring (bicyclic) bond motifs is 19. The molecular formula is C70H55NO. The quantitative estimate of drug-likeness (QED) is 0.174. The molecule has 2 heteroatoms. The van der Waals surface area contributed by atoms with E-state index in [0.29, 0.717) is 0 Å². The van der Waals surface area contributed by atoms with Gasteiger partial charge in [0.25, 0.3) is 0 Å². The van der Waals surface area contributed by atoms with Crippen LogP contribution in [-0.2, 0) is 21.7 Å². The summed E-state index contributed by atoms with van der Waals surface area (Å²) in [6.07, 6.45) is 0. The van der Waals surface area contributed by atoms with Crippen LogP contribution in [0.1, 0.15) is 97.2 Å². The highest BCUT2D eigenvalue weighted by Crippen LogP contribution is 2.65. The van der Waals surface area contributed by atoms with E-state index in [0.717, 1.165) is 39.7 Å². The number of rotatable bonds is 4. The van der Waals surface area contributed by atoms with Gasteiger partial charge in [0, 0.05) is 28.1 Å². The summed E-state index contributed by atoms with van der Waals surface area (Å²) < 4.78 is 6.72. The summed E-state index contributed by atoms with van der Waals surface area (Å²) in [6.45, 7) is 14.0. The SMILES string of the molecule is CC(C)(C)c1ccc2c(c1)C1(c3ccccc3-c3ccc(N(c4ccccc4)c4ccccc4-c4ccc5c(c4)C4(c6ccccc6Oc6ccccc64)c4ccccc4-5)cc31)c1cc(C(C)(C)C)ccc1-2. The Hall–Kier alpha value is -8.20. The Kier molecular flexibility index (Phi) is 8.98. The summed E-state index contributed by atoms with van der Waals surface area (Å²) in [5.74, 6) is 1.79. The molecule has 1 aliphatic heterocycles. The number of ether oxygens (including phenoxy) is 1. The highest BCUT2D eigenvalue weighted by Gasteiger charge is 2.53. The molecule has 4 aliphatic rings. The van der Waals surface area contributed by atoms with Crippen LogP contribution in [0, 0.1) is 0 Å². The summed E-state index contributed by atoms with van der Waals surface area (Å²) in [4.78, 5) is 2.50. The molecule has 346 valence electrons. The molecule has 3 aliphatic carbocycles. The van der Waals surface area contributed by atoms with Gasteiger partial charge in [0.15, 0.2) is 0 Å². The third-order valence-electron chi connectivity index (χ3n) is 16.5. The molecule has 0 saturated heterocycles. The first-order chi connectivity index (χ1) is 35.0. The molecule has 0 unspecified atom stereocenters. The van der Waals surface area contributed by atoms with Gasteiger partial charge in [-0.1, -0.05) is 217 Å². The molecule has 1 heterocycles. The predicted octanol–water partition coefficient (Wildman–Crippen LogP) is 18.2. The Bertz CT molecular complexity index is 3770. The Morgan fingerprint density at radius 3 is 1.26 bits per heavy atom. The highest BCUT2D eigenvalue weighted by atomic mass is 16.5. The van der Waals surface area contributed by atoms with E-state index >= 15 is 0 Å². The fourth-order valence-electron chi connectivity index (χ4n) is 13.2. The van der Waals surface area contributed by atoms with Crippen LogP contribution in [0.15, 0.2) is 224 Å². The minimum Gasteiger partial charge on any atom is -0.457 e. The van der Waals surface area contributed by atoms with Gasteiger partial charge >= 0.3 is 0 Å². The highest BCUT2D eigenvalue weighted by molar-refractivity contribution is 5.98. The second-order valence-corrected chi connectivity index (χ2v) is 22.4. The predicted molar refractivity (Wildman–Crippen MR) is 298 cm³/mol. The number of hydrogen-bond acceptors (Lipinski definition) is 2. The molecule has 2 nitrogen and oxygen atoms in total. The van der Waals surface area contributed by atoms with Crippen molar-refractivity contribution < 1.29 is 4.74 Å². The van der Waals surface area contributed by atoms with E-state index in [2.05, 4.69) is 271 Å². The molecule has 72 heavy (non-hydrogen) atoms. The minimum absolute atomic E-state index is 0.0320. The third kappa shape index (κ3) is 5.78. The molecule has 0 amide bonds. The average Bonchev–Trinajstić information content (AvgIpc) is 3.99. The second kappa shape index (κ2) is 15.2. The second-order valence-electron chi connectivity index (χ2n) is 22.4. The van der Waals surface area contributed by atoms with Crippen molar-refractivity contribution in [2.45, 2.75) is 63.2 Å². The van der Waals surface area contributed by atoms with Crippen molar-refractivity contribution in [2.75, 3.05) is 4.90 Å². The van der Waals surface area contributed by atoms with E-state index < -0.39 is 10.8 Å². The normalized spacial score (nSPS) is 14.6. The average molecular weight is 926 g/mol. The molecule has 2 spiro atoms. The summed E-state index contributed by atoms with van der Waals surface area (Å²) in [5, 5.41) is 0. The standard InChI is InChI=1S/C70H55NO/c1-67(2,3)45-33-37-53-54-38-34-46(68(4,5)6)42-62(54)70(61(53)41-45)57-26-14-11-24-51(57)55-39-35-48(43-63(55)70)71(47-20-8-7-9-21-47)64-29-17-12-22-49(64)44-32-36-52-50-23-10-13-25-56(50)69(60(52)40-44)58-27-15-18-30-65(58)72-66-31-19-16-28-59(66)69/h7-43H,1-6H3. The molecule has 0 aromatic heterocycles. The lowest BCUT2D eigenvalue weighted by molar-refractivity contribution is 0.436. The van der Waals surface area contributed by atoms with Crippen LogP contribution in [0.5, 0.6) is 11.5 Å². The lowest BCUT2D eigenvalue weighted by atomic mass is 9.66. The lowest BCUT2D eigenvalue weighted by Crippen LogP contribution is -2.32. The summed E-state index contributed by atoms with van der Waals surface area (Å²) in [7, 11) is 0. The van der Waals surface area contributed by atoms with Gasteiger partial charge in [-0.05, 0) is 143 Å². The number of para-hydroxylation sites is 4. The lowest BCUT2D eigenvalue weighted by Gasteiger charge is -2.39. The van der Waals surface area contributed by atoms with E-state index in [9.17, 15) is 0 Å². The van der Waals surface area contributed by atoms with Crippen molar-refractivity contribution in [3.63, 3.8) is 0 Å². The van der Waals surface area contributed by atoms with Crippen LogP contribution in [-0.4, -0.2) is 0 Å². The number of hydrogen-bond donors (Lipinski definition) is 0. The maximum absolute atomic E-state index is 6.72. The Morgan fingerprint density at radius 2 is 0.708 bits per heavy atom. The van der Waals surface area contributed by atoms with E-state index in [4.69, 9.17) is 4.74 Å². The summed E-state index contributed by atoms with van der Waals surface area (Å²) in [5.41, 5.74) is 25.2. The molecule has 0 radical (unpaired) electrons. The number of benzene rings is 10. The van der Waals surface area contributed by atoms with Crippen molar-refractivity contribution in [1.29, 1.82) is 0 Å². The molecule has 0 atom stereocenters. The van der Waals surface area contributed by atoms with Crippen LogP contribution < -0.4 is 9.64 Å². The molecule has 10 aromatic rings. The van der Waals surface area contributed by atoms with Crippen LogP contribution in [0.4, 0.5) is 17.1 Å². The Labute approximate surface area is 423 Å². The summed E-state index contributed by atoms with van der Waals surface area (Å²) >= 11 is 0.